The molecular weight excluding hydrogens is 260 g/mol. The van der Waals surface area contributed by atoms with E-state index in [2.05, 4.69) is 13.8 Å². The minimum Gasteiger partial charge on any atom is -0.289 e. The standard InChI is InChI=1S/C19H16O2/c1-12(2)13-7-9-14(10-8-13)17-11-18(20)15-5-3-4-6-16(15)19(17)21/h3-12H,1-2H3. The normalized spacial score (nSPS) is 14.1. The molecule has 1 aliphatic carbocycles. The van der Waals surface area contributed by atoms with Crippen LogP contribution in [0.2, 0.25) is 0 Å². The smallest absolute Gasteiger partial charge is 0.194 e. The van der Waals surface area contributed by atoms with Gasteiger partial charge in [0.1, 0.15) is 0 Å². The zero-order valence-corrected chi connectivity index (χ0v) is 12.1. The molecule has 0 fully saturated rings. The quantitative estimate of drug-likeness (QED) is 0.820. The van der Waals surface area contributed by atoms with E-state index in [1.54, 1.807) is 24.3 Å². The number of hydrogen-bond acceptors (Lipinski definition) is 2. The number of Topliss-reactive ketones (excluding diaryl/α,β-unsaturated/α-hetero) is 1. The fourth-order valence-electron chi connectivity index (χ4n) is 2.58. The Kier molecular flexibility index (Phi) is 3.30. The molecule has 2 aromatic carbocycles. The van der Waals surface area contributed by atoms with Gasteiger partial charge in [-0.3, -0.25) is 9.59 Å². The maximum absolute atomic E-state index is 12.6. The van der Waals surface area contributed by atoms with E-state index in [4.69, 9.17) is 0 Å². The fourth-order valence-corrected chi connectivity index (χ4v) is 2.58. The van der Waals surface area contributed by atoms with E-state index in [1.165, 1.54) is 11.6 Å². The van der Waals surface area contributed by atoms with Crippen molar-refractivity contribution < 1.29 is 9.59 Å². The highest BCUT2D eigenvalue weighted by Crippen LogP contribution is 2.28. The Morgan fingerprint density at radius 2 is 1.43 bits per heavy atom. The summed E-state index contributed by atoms with van der Waals surface area (Å²) in [6, 6.07) is 14.8. The number of allylic oxidation sites excluding steroid dienone is 2. The number of ketones is 2. The van der Waals surface area contributed by atoms with Crippen LogP contribution in [0.5, 0.6) is 0 Å². The lowest BCUT2D eigenvalue weighted by Gasteiger charge is -2.15. The Morgan fingerprint density at radius 3 is 2.05 bits per heavy atom. The van der Waals surface area contributed by atoms with Gasteiger partial charge in [0.25, 0.3) is 0 Å². The number of hydrogen-bond donors (Lipinski definition) is 0. The van der Waals surface area contributed by atoms with Crippen LogP contribution in [0, 0.1) is 0 Å². The Bertz CT molecular complexity index is 749. The summed E-state index contributed by atoms with van der Waals surface area (Å²) in [7, 11) is 0. The molecule has 0 aliphatic heterocycles. The predicted octanol–water partition coefficient (Wildman–Crippen LogP) is 4.27. The van der Waals surface area contributed by atoms with Crippen LogP contribution < -0.4 is 0 Å². The molecule has 0 N–H and O–H groups in total. The van der Waals surface area contributed by atoms with Crippen molar-refractivity contribution in [2.24, 2.45) is 0 Å². The summed E-state index contributed by atoms with van der Waals surface area (Å²) in [5, 5.41) is 0. The molecule has 3 rings (SSSR count). The second-order valence-electron chi connectivity index (χ2n) is 5.57. The van der Waals surface area contributed by atoms with E-state index in [0.29, 0.717) is 22.6 Å². The summed E-state index contributed by atoms with van der Waals surface area (Å²) in [6.45, 7) is 4.25. The third kappa shape index (κ3) is 2.33. The average molecular weight is 276 g/mol. The van der Waals surface area contributed by atoms with Gasteiger partial charge < -0.3 is 0 Å². The fraction of sp³-hybridized carbons (Fsp3) is 0.158. The molecule has 0 bridgehead atoms. The molecule has 0 aromatic heterocycles. The van der Waals surface area contributed by atoms with Crippen molar-refractivity contribution in [2.45, 2.75) is 19.8 Å². The third-order valence-corrected chi connectivity index (χ3v) is 3.85. The highest BCUT2D eigenvalue weighted by molar-refractivity contribution is 6.38. The second-order valence-corrected chi connectivity index (χ2v) is 5.57. The van der Waals surface area contributed by atoms with E-state index in [1.807, 2.05) is 24.3 Å². The molecule has 2 aromatic rings. The van der Waals surface area contributed by atoms with Crippen LogP contribution in [-0.2, 0) is 0 Å². The zero-order chi connectivity index (χ0) is 15.0. The molecule has 0 unspecified atom stereocenters. The number of carbonyl (C=O) groups excluding carboxylic acids is 2. The molecule has 21 heavy (non-hydrogen) atoms. The molecule has 0 amide bonds. The van der Waals surface area contributed by atoms with Crippen LogP contribution in [0.1, 0.15) is 51.6 Å². The van der Waals surface area contributed by atoms with Crippen LogP contribution in [0.4, 0.5) is 0 Å². The van der Waals surface area contributed by atoms with Crippen LogP contribution in [0.15, 0.2) is 54.6 Å². The summed E-state index contributed by atoms with van der Waals surface area (Å²) in [5.74, 6) is 0.257. The van der Waals surface area contributed by atoms with Crippen LogP contribution >= 0.6 is 0 Å². The molecule has 2 nitrogen and oxygen atoms in total. The highest BCUT2D eigenvalue weighted by Gasteiger charge is 2.25. The number of benzene rings is 2. The van der Waals surface area contributed by atoms with Crippen molar-refractivity contribution in [1.29, 1.82) is 0 Å². The minimum absolute atomic E-state index is 0.0810. The lowest BCUT2D eigenvalue weighted by molar-refractivity contribution is 0.100. The first-order valence-electron chi connectivity index (χ1n) is 7.08. The van der Waals surface area contributed by atoms with Crippen molar-refractivity contribution in [3.8, 4) is 0 Å². The van der Waals surface area contributed by atoms with Crippen molar-refractivity contribution in [3.05, 3.63) is 76.9 Å². The first-order valence-corrected chi connectivity index (χ1v) is 7.08. The molecule has 0 heterocycles. The third-order valence-electron chi connectivity index (χ3n) is 3.85. The van der Waals surface area contributed by atoms with Gasteiger partial charge in [-0.2, -0.15) is 0 Å². The van der Waals surface area contributed by atoms with Gasteiger partial charge in [0.05, 0.1) is 0 Å². The van der Waals surface area contributed by atoms with Crippen LogP contribution in [0.25, 0.3) is 5.57 Å². The van der Waals surface area contributed by atoms with Gasteiger partial charge in [0, 0.05) is 16.7 Å². The van der Waals surface area contributed by atoms with E-state index in [0.717, 1.165) is 5.56 Å². The van der Waals surface area contributed by atoms with Gasteiger partial charge in [-0.1, -0.05) is 62.4 Å². The minimum atomic E-state index is -0.104. The summed E-state index contributed by atoms with van der Waals surface area (Å²) in [6.07, 6.45) is 1.45. The van der Waals surface area contributed by atoms with Crippen LogP contribution in [-0.4, -0.2) is 11.6 Å². The van der Waals surface area contributed by atoms with Gasteiger partial charge in [-0.25, -0.2) is 0 Å². The van der Waals surface area contributed by atoms with Gasteiger partial charge in [-0.05, 0) is 23.1 Å². The van der Waals surface area contributed by atoms with Gasteiger partial charge in [0.2, 0.25) is 0 Å². The molecule has 0 saturated heterocycles. The molecule has 0 radical (unpaired) electrons. The monoisotopic (exact) mass is 276 g/mol. The zero-order valence-electron chi connectivity index (χ0n) is 12.1. The van der Waals surface area contributed by atoms with Crippen molar-refractivity contribution in [3.63, 3.8) is 0 Å². The molecule has 0 atom stereocenters. The van der Waals surface area contributed by atoms with Gasteiger partial charge in [-0.15, -0.1) is 0 Å². The average Bonchev–Trinajstić information content (AvgIpc) is 2.51. The van der Waals surface area contributed by atoms with Crippen molar-refractivity contribution in [1.82, 2.24) is 0 Å². The summed E-state index contributed by atoms with van der Waals surface area (Å²) in [5.41, 5.74) is 3.48. The lowest BCUT2D eigenvalue weighted by atomic mass is 9.86. The first-order chi connectivity index (χ1) is 10.1. The van der Waals surface area contributed by atoms with Crippen LogP contribution in [0.3, 0.4) is 0 Å². The largest absolute Gasteiger partial charge is 0.289 e. The first kappa shape index (κ1) is 13.5. The van der Waals surface area contributed by atoms with Crippen molar-refractivity contribution >= 4 is 17.1 Å². The maximum Gasteiger partial charge on any atom is 0.194 e. The van der Waals surface area contributed by atoms with Gasteiger partial charge >= 0.3 is 0 Å². The van der Waals surface area contributed by atoms with E-state index in [-0.39, 0.29) is 11.6 Å². The Morgan fingerprint density at radius 1 is 0.810 bits per heavy atom. The predicted molar refractivity (Wildman–Crippen MR) is 83.6 cm³/mol. The number of fused-ring (bicyclic) bond motifs is 1. The Labute approximate surface area is 124 Å². The van der Waals surface area contributed by atoms with E-state index in [9.17, 15) is 9.59 Å². The summed E-state index contributed by atoms with van der Waals surface area (Å²) < 4.78 is 0. The number of carbonyl (C=O) groups is 2. The topological polar surface area (TPSA) is 34.1 Å². The molecular formula is C19H16O2. The molecule has 104 valence electrons. The van der Waals surface area contributed by atoms with E-state index >= 15 is 0 Å². The number of rotatable bonds is 2. The van der Waals surface area contributed by atoms with Crippen molar-refractivity contribution in [2.75, 3.05) is 0 Å². The maximum atomic E-state index is 12.6. The molecule has 0 saturated carbocycles. The lowest BCUT2D eigenvalue weighted by Crippen LogP contribution is -2.16. The van der Waals surface area contributed by atoms with Gasteiger partial charge in [0.15, 0.2) is 11.6 Å². The summed E-state index contributed by atoms with van der Waals surface area (Å²) >= 11 is 0. The Hall–Kier alpha value is -2.48. The summed E-state index contributed by atoms with van der Waals surface area (Å²) in [4.78, 5) is 24.7. The Balaban J connectivity index is 2.04. The second kappa shape index (κ2) is 5.13. The van der Waals surface area contributed by atoms with E-state index < -0.39 is 0 Å². The molecule has 2 heteroatoms. The highest BCUT2D eigenvalue weighted by atomic mass is 16.1. The molecule has 1 aliphatic rings. The SMILES string of the molecule is CC(C)c1ccc(C2=CC(=O)c3ccccc3C2=O)cc1. The molecule has 0 spiro atoms.